The minimum atomic E-state index is -2.80. The van der Waals surface area contributed by atoms with Crippen molar-refractivity contribution in [3.8, 4) is 16.9 Å². The number of hydrogen-bond donors (Lipinski definition) is 1. The summed E-state index contributed by atoms with van der Waals surface area (Å²) in [4.78, 5) is 3.51. The number of nitrogens with two attached hydrogens (primary N) is 1. The number of halogens is 4. The average Bonchev–Trinajstić information content (AvgIpc) is 2.54. The van der Waals surface area contributed by atoms with Crippen molar-refractivity contribution in [3.05, 3.63) is 47.8 Å². The van der Waals surface area contributed by atoms with Crippen molar-refractivity contribution in [3.63, 3.8) is 0 Å². The predicted molar refractivity (Wildman–Crippen MR) is 92.1 cm³/mol. The Morgan fingerprint density at radius 1 is 1.15 bits per heavy atom. The van der Waals surface area contributed by atoms with Gasteiger partial charge in [0.25, 0.3) is 6.43 Å². The molecule has 3 nitrogen and oxygen atoms in total. The normalized spacial score (nSPS) is 13.9. The van der Waals surface area contributed by atoms with Gasteiger partial charge in [-0.15, -0.1) is 0 Å². The first-order valence-corrected chi connectivity index (χ1v) is 8.24. The van der Waals surface area contributed by atoms with Gasteiger partial charge in [0.15, 0.2) is 11.6 Å². The van der Waals surface area contributed by atoms with Gasteiger partial charge in [-0.1, -0.05) is 13.8 Å². The van der Waals surface area contributed by atoms with E-state index >= 15 is 0 Å². The maximum absolute atomic E-state index is 14.4. The molecule has 2 N–H and O–H groups in total. The Balaban J connectivity index is 2.24. The SMILES string of the molecule is CC(C)CC(C)(N)COc1cc(F)c(-c2ccnc(C(F)F)c2)cc1F. The molecular weight excluding hydrogens is 348 g/mol. The first-order chi connectivity index (χ1) is 12.1. The molecule has 2 aromatic rings. The molecule has 1 aromatic carbocycles. The van der Waals surface area contributed by atoms with Crippen LogP contribution in [0.1, 0.15) is 39.3 Å². The second-order valence-corrected chi connectivity index (χ2v) is 7.07. The Bertz CT molecular complexity index is 763. The summed E-state index contributed by atoms with van der Waals surface area (Å²) in [5, 5.41) is 0. The highest BCUT2D eigenvalue weighted by molar-refractivity contribution is 5.65. The summed E-state index contributed by atoms with van der Waals surface area (Å²) in [6.45, 7) is 5.80. The van der Waals surface area contributed by atoms with Crippen LogP contribution in [0.15, 0.2) is 30.5 Å². The number of nitrogens with zero attached hydrogens (tertiary/aromatic N) is 1. The third kappa shape index (κ3) is 5.17. The van der Waals surface area contributed by atoms with Gasteiger partial charge in [-0.2, -0.15) is 0 Å². The van der Waals surface area contributed by atoms with Crippen molar-refractivity contribution in [2.45, 2.75) is 39.2 Å². The average molecular weight is 370 g/mol. The van der Waals surface area contributed by atoms with Crippen LogP contribution in [0.3, 0.4) is 0 Å². The minimum absolute atomic E-state index is 0.0195. The molecule has 0 aliphatic carbocycles. The lowest BCUT2D eigenvalue weighted by atomic mass is 9.93. The molecule has 1 aromatic heterocycles. The van der Waals surface area contributed by atoms with Gasteiger partial charge >= 0.3 is 0 Å². The van der Waals surface area contributed by atoms with E-state index in [9.17, 15) is 17.6 Å². The van der Waals surface area contributed by atoms with Crippen LogP contribution in [0.2, 0.25) is 0 Å². The monoisotopic (exact) mass is 370 g/mol. The van der Waals surface area contributed by atoms with Gasteiger partial charge in [0.05, 0.1) is 0 Å². The molecule has 0 spiro atoms. The number of aromatic nitrogens is 1. The van der Waals surface area contributed by atoms with E-state index in [1.807, 2.05) is 13.8 Å². The van der Waals surface area contributed by atoms with Crippen LogP contribution in [0.25, 0.3) is 11.1 Å². The van der Waals surface area contributed by atoms with Gasteiger partial charge in [-0.3, -0.25) is 4.98 Å². The van der Waals surface area contributed by atoms with Gasteiger partial charge in [0.1, 0.15) is 18.1 Å². The highest BCUT2D eigenvalue weighted by atomic mass is 19.3. The van der Waals surface area contributed by atoms with E-state index in [0.29, 0.717) is 12.3 Å². The second-order valence-electron chi connectivity index (χ2n) is 7.07. The van der Waals surface area contributed by atoms with Crippen LogP contribution in [-0.2, 0) is 0 Å². The van der Waals surface area contributed by atoms with Gasteiger partial charge in [-0.25, -0.2) is 17.6 Å². The summed E-state index contributed by atoms with van der Waals surface area (Å²) < 4.78 is 59.6. The predicted octanol–water partition coefficient (Wildman–Crippen LogP) is 5.11. The highest BCUT2D eigenvalue weighted by Crippen LogP contribution is 2.31. The number of benzene rings is 1. The van der Waals surface area contributed by atoms with Crippen LogP contribution < -0.4 is 10.5 Å². The van der Waals surface area contributed by atoms with E-state index < -0.39 is 29.3 Å². The van der Waals surface area contributed by atoms with E-state index in [0.717, 1.165) is 24.4 Å². The lowest BCUT2D eigenvalue weighted by Crippen LogP contribution is -2.43. The summed E-state index contributed by atoms with van der Waals surface area (Å²) in [7, 11) is 0. The molecule has 1 unspecified atom stereocenters. The van der Waals surface area contributed by atoms with Crippen molar-refractivity contribution in [1.29, 1.82) is 0 Å². The molecule has 0 aliphatic heterocycles. The van der Waals surface area contributed by atoms with Gasteiger partial charge in [-0.05, 0) is 43.0 Å². The zero-order chi connectivity index (χ0) is 19.5. The number of alkyl halides is 2. The summed E-state index contributed by atoms with van der Waals surface area (Å²) >= 11 is 0. The van der Waals surface area contributed by atoms with Crippen LogP contribution in [0, 0.1) is 17.6 Å². The Labute approximate surface area is 150 Å². The van der Waals surface area contributed by atoms with Crippen LogP contribution in [-0.4, -0.2) is 17.1 Å². The Morgan fingerprint density at radius 2 is 1.85 bits per heavy atom. The molecule has 1 heterocycles. The molecule has 142 valence electrons. The Morgan fingerprint density at radius 3 is 2.46 bits per heavy atom. The zero-order valence-electron chi connectivity index (χ0n) is 14.9. The number of pyridine rings is 1. The van der Waals surface area contributed by atoms with Crippen molar-refractivity contribution < 1.29 is 22.3 Å². The standard InChI is InChI=1S/C19H22F4N2O/c1-11(2)9-19(3,24)10-26-17-8-14(20)13(7-15(17)21)12-4-5-25-16(6-12)18(22)23/h4-8,11,18H,9-10,24H2,1-3H3. The molecule has 1 atom stereocenters. The van der Waals surface area contributed by atoms with Crippen LogP contribution in [0.5, 0.6) is 5.75 Å². The Hall–Kier alpha value is -2.15. The lowest BCUT2D eigenvalue weighted by Gasteiger charge is -2.26. The first-order valence-electron chi connectivity index (χ1n) is 8.24. The fraction of sp³-hybridized carbons (Fsp3) is 0.421. The van der Waals surface area contributed by atoms with E-state index in [1.165, 1.54) is 6.07 Å². The second kappa shape index (κ2) is 8.03. The fourth-order valence-electron chi connectivity index (χ4n) is 2.83. The third-order valence-corrected chi connectivity index (χ3v) is 3.77. The quantitative estimate of drug-likeness (QED) is 0.689. The largest absolute Gasteiger partial charge is 0.489 e. The van der Waals surface area contributed by atoms with Gasteiger partial charge in [0, 0.05) is 23.4 Å². The molecule has 7 heteroatoms. The van der Waals surface area contributed by atoms with Crippen LogP contribution in [0.4, 0.5) is 17.6 Å². The van der Waals surface area contributed by atoms with Crippen molar-refractivity contribution in [2.75, 3.05) is 6.61 Å². The number of ether oxygens (including phenoxy) is 1. The van der Waals surface area contributed by atoms with E-state index in [4.69, 9.17) is 10.5 Å². The number of rotatable bonds is 7. The summed E-state index contributed by atoms with van der Waals surface area (Å²) in [6, 6.07) is 4.19. The molecule has 0 saturated carbocycles. The molecule has 26 heavy (non-hydrogen) atoms. The number of hydrogen-bond acceptors (Lipinski definition) is 3. The summed E-state index contributed by atoms with van der Waals surface area (Å²) in [5.74, 6) is -1.52. The molecule has 0 aliphatic rings. The minimum Gasteiger partial charge on any atom is -0.489 e. The van der Waals surface area contributed by atoms with E-state index in [2.05, 4.69) is 4.98 Å². The molecular formula is C19H22F4N2O. The smallest absolute Gasteiger partial charge is 0.280 e. The highest BCUT2D eigenvalue weighted by Gasteiger charge is 2.22. The van der Waals surface area contributed by atoms with Crippen molar-refractivity contribution in [2.24, 2.45) is 11.7 Å². The van der Waals surface area contributed by atoms with Gasteiger partial charge < -0.3 is 10.5 Å². The van der Waals surface area contributed by atoms with E-state index in [1.54, 1.807) is 6.92 Å². The maximum atomic E-state index is 14.4. The lowest BCUT2D eigenvalue weighted by molar-refractivity contribution is 0.146. The van der Waals surface area contributed by atoms with Crippen molar-refractivity contribution in [1.82, 2.24) is 4.98 Å². The molecule has 0 bridgehead atoms. The molecule has 0 saturated heterocycles. The molecule has 2 rings (SSSR count). The first kappa shape index (κ1) is 20.2. The Kier molecular flexibility index (Phi) is 6.23. The van der Waals surface area contributed by atoms with Crippen molar-refractivity contribution >= 4 is 0 Å². The molecule has 0 fully saturated rings. The summed E-state index contributed by atoms with van der Waals surface area (Å²) in [5.41, 5.74) is 4.88. The van der Waals surface area contributed by atoms with Crippen LogP contribution >= 0.6 is 0 Å². The summed E-state index contributed by atoms with van der Waals surface area (Å²) in [6.07, 6.45) is -1.01. The van der Waals surface area contributed by atoms with Gasteiger partial charge in [0.2, 0.25) is 0 Å². The van der Waals surface area contributed by atoms with E-state index in [-0.39, 0.29) is 23.5 Å². The third-order valence-electron chi connectivity index (χ3n) is 3.77. The topological polar surface area (TPSA) is 48.1 Å². The maximum Gasteiger partial charge on any atom is 0.280 e. The zero-order valence-corrected chi connectivity index (χ0v) is 14.9. The molecule has 0 radical (unpaired) electrons. The molecule has 0 amide bonds. The fourth-order valence-corrected chi connectivity index (χ4v) is 2.83.